The molecule has 0 bridgehead atoms. The van der Waals surface area contributed by atoms with Crippen LogP contribution in [-0.4, -0.2) is 5.91 Å². The molecule has 0 radical (unpaired) electrons. The Balaban J connectivity index is 2.95. The van der Waals surface area contributed by atoms with Crippen LogP contribution in [0.25, 0.3) is 0 Å². The molecule has 1 rings (SSSR count). The number of amides is 1. The fraction of sp³-hybridized carbons (Fsp3) is 0.222. The van der Waals surface area contributed by atoms with Gasteiger partial charge in [0.1, 0.15) is 0 Å². The number of benzene rings is 1. The summed E-state index contributed by atoms with van der Waals surface area (Å²) >= 11 is 0. The molecule has 0 saturated heterocycles. The highest BCUT2D eigenvalue weighted by molar-refractivity contribution is 5.88. The Labute approximate surface area is 78.7 Å². The molecule has 5 heteroatoms. The van der Waals surface area contributed by atoms with E-state index in [2.05, 4.69) is 5.32 Å². The van der Waals surface area contributed by atoms with Crippen LogP contribution in [0.2, 0.25) is 0 Å². The quantitative estimate of drug-likeness (QED) is 0.745. The molecule has 1 aromatic rings. The molecule has 0 unspecified atom stereocenters. The van der Waals surface area contributed by atoms with Gasteiger partial charge in [-0.05, 0) is 18.2 Å². The van der Waals surface area contributed by atoms with Crippen molar-refractivity contribution < 1.29 is 18.0 Å². The first-order chi connectivity index (χ1) is 6.39. The number of hydrogen-bond acceptors (Lipinski definition) is 1. The molecule has 0 aliphatic carbocycles. The molecular formula is C9H8F3NO. The van der Waals surface area contributed by atoms with E-state index in [4.69, 9.17) is 0 Å². The number of hydrogen-bond donors (Lipinski definition) is 1. The van der Waals surface area contributed by atoms with Crippen LogP contribution in [-0.2, 0) is 11.0 Å². The summed E-state index contributed by atoms with van der Waals surface area (Å²) in [6.45, 7) is 1.24. The average Bonchev–Trinajstić information content (AvgIpc) is 2.01. The minimum Gasteiger partial charge on any atom is -0.326 e. The number of halogens is 3. The summed E-state index contributed by atoms with van der Waals surface area (Å²) < 4.78 is 36.6. The second-order valence-corrected chi connectivity index (χ2v) is 2.76. The van der Waals surface area contributed by atoms with Gasteiger partial charge in [0.05, 0.1) is 5.56 Å². The van der Waals surface area contributed by atoms with Gasteiger partial charge in [-0.2, -0.15) is 13.2 Å². The van der Waals surface area contributed by atoms with Crippen molar-refractivity contribution in [1.82, 2.24) is 0 Å². The first-order valence-corrected chi connectivity index (χ1v) is 3.84. The SMILES string of the molecule is CC(=O)Nc1cccc(C(F)(F)[18F])c1. The van der Waals surface area contributed by atoms with E-state index in [-0.39, 0.29) is 5.69 Å². The Kier molecular flexibility index (Phi) is 2.78. The second kappa shape index (κ2) is 3.69. The first kappa shape index (κ1) is 10.6. The topological polar surface area (TPSA) is 29.1 Å². The van der Waals surface area contributed by atoms with E-state index in [0.717, 1.165) is 12.1 Å². The molecule has 76 valence electrons. The summed E-state index contributed by atoms with van der Waals surface area (Å²) in [5.41, 5.74) is -0.629. The maximum Gasteiger partial charge on any atom is 0.416 e. The molecule has 0 aromatic heterocycles. The Morgan fingerprint density at radius 2 is 2.00 bits per heavy atom. The van der Waals surface area contributed by atoms with E-state index >= 15 is 0 Å². The molecule has 1 amide bonds. The molecule has 1 N–H and O–H groups in total. The van der Waals surface area contributed by atoms with E-state index in [1.807, 2.05) is 0 Å². The van der Waals surface area contributed by atoms with Crippen molar-refractivity contribution in [1.29, 1.82) is 0 Å². The maximum atomic E-state index is 12.2. The van der Waals surface area contributed by atoms with Gasteiger partial charge < -0.3 is 5.32 Å². The normalized spacial score (nSPS) is 11.1. The van der Waals surface area contributed by atoms with Gasteiger partial charge in [0.2, 0.25) is 5.91 Å². The van der Waals surface area contributed by atoms with Crippen molar-refractivity contribution in [2.24, 2.45) is 0 Å². The zero-order valence-corrected chi connectivity index (χ0v) is 7.35. The number of rotatable bonds is 1. The first-order valence-electron chi connectivity index (χ1n) is 3.84. The zero-order chi connectivity index (χ0) is 10.8. The van der Waals surface area contributed by atoms with Crippen LogP contribution in [0.15, 0.2) is 24.3 Å². The zero-order valence-electron chi connectivity index (χ0n) is 7.35. The lowest BCUT2D eigenvalue weighted by Gasteiger charge is -2.08. The standard InChI is InChI=1S/C9H8F3NO/c1-6(14)13-8-4-2-3-7(5-8)9(10,11)12/h2-5H,1H3,(H,13,14)/i10-1. The number of anilines is 1. The van der Waals surface area contributed by atoms with Gasteiger partial charge in [-0.25, -0.2) is 0 Å². The van der Waals surface area contributed by atoms with E-state index in [9.17, 15) is 18.0 Å². The fourth-order valence-corrected chi connectivity index (χ4v) is 0.977. The van der Waals surface area contributed by atoms with Gasteiger partial charge in [0, 0.05) is 12.6 Å². The van der Waals surface area contributed by atoms with E-state index < -0.39 is 17.6 Å². The number of carbonyl (C=O) groups excluding carboxylic acids is 1. The molecular weight excluding hydrogens is 194 g/mol. The lowest BCUT2D eigenvalue weighted by atomic mass is 10.2. The molecule has 0 saturated carbocycles. The van der Waals surface area contributed by atoms with Crippen molar-refractivity contribution in [2.75, 3.05) is 5.32 Å². The molecule has 14 heavy (non-hydrogen) atoms. The van der Waals surface area contributed by atoms with E-state index in [1.165, 1.54) is 19.1 Å². The van der Waals surface area contributed by atoms with Crippen LogP contribution in [0.1, 0.15) is 12.5 Å². The summed E-state index contributed by atoms with van der Waals surface area (Å²) in [7, 11) is 0. The summed E-state index contributed by atoms with van der Waals surface area (Å²) in [4.78, 5) is 10.6. The molecule has 0 aliphatic rings. The molecule has 0 spiro atoms. The summed E-state index contributed by atoms with van der Waals surface area (Å²) in [5.74, 6) is -0.399. The van der Waals surface area contributed by atoms with Crippen LogP contribution in [0, 0.1) is 0 Å². The van der Waals surface area contributed by atoms with Crippen LogP contribution < -0.4 is 5.32 Å². The molecule has 0 atom stereocenters. The fourth-order valence-electron chi connectivity index (χ4n) is 0.977. The molecule has 0 aliphatic heterocycles. The van der Waals surface area contributed by atoms with Gasteiger partial charge in [-0.15, -0.1) is 0 Å². The van der Waals surface area contributed by atoms with Gasteiger partial charge >= 0.3 is 6.18 Å². The third kappa shape index (κ3) is 2.76. The third-order valence-corrected chi connectivity index (χ3v) is 1.51. The largest absolute Gasteiger partial charge is 0.416 e. The van der Waals surface area contributed by atoms with Crippen molar-refractivity contribution >= 4 is 11.6 Å². The molecule has 2 nitrogen and oxygen atoms in total. The molecule has 1 aromatic carbocycles. The monoisotopic (exact) mass is 202 g/mol. The van der Waals surface area contributed by atoms with E-state index in [1.54, 1.807) is 0 Å². The summed E-state index contributed by atoms with van der Waals surface area (Å²) in [6.07, 6.45) is -4.38. The number of carbonyl (C=O) groups is 1. The van der Waals surface area contributed by atoms with Crippen molar-refractivity contribution in [2.45, 2.75) is 13.1 Å². The maximum absolute atomic E-state index is 12.2. The van der Waals surface area contributed by atoms with Gasteiger partial charge in [0.15, 0.2) is 0 Å². The van der Waals surface area contributed by atoms with Crippen molar-refractivity contribution in [3.63, 3.8) is 0 Å². The molecule has 0 fully saturated rings. The minimum atomic E-state index is -4.38. The van der Waals surface area contributed by atoms with E-state index in [0.29, 0.717) is 0 Å². The molecule has 0 heterocycles. The van der Waals surface area contributed by atoms with Gasteiger partial charge in [-0.1, -0.05) is 6.07 Å². The van der Waals surface area contributed by atoms with Crippen LogP contribution in [0.3, 0.4) is 0 Å². The van der Waals surface area contributed by atoms with Crippen LogP contribution in [0.5, 0.6) is 0 Å². The Morgan fingerprint density at radius 3 is 2.50 bits per heavy atom. The summed E-state index contributed by atoms with van der Waals surface area (Å²) in [5, 5.41) is 2.28. The highest BCUT2D eigenvalue weighted by Gasteiger charge is 2.30. The second-order valence-electron chi connectivity index (χ2n) is 2.76. The Bertz CT molecular complexity index is 346. The number of nitrogens with one attached hydrogen (secondary N) is 1. The van der Waals surface area contributed by atoms with Gasteiger partial charge in [-0.3, -0.25) is 4.79 Å². The van der Waals surface area contributed by atoms with Crippen LogP contribution in [0.4, 0.5) is 18.9 Å². The van der Waals surface area contributed by atoms with Crippen molar-refractivity contribution in [3.05, 3.63) is 29.8 Å². The third-order valence-electron chi connectivity index (χ3n) is 1.51. The predicted octanol–water partition coefficient (Wildman–Crippen LogP) is 2.66. The lowest BCUT2D eigenvalue weighted by Crippen LogP contribution is -2.09. The Hall–Kier alpha value is -1.52. The highest BCUT2D eigenvalue weighted by atomic mass is 19.3. The Morgan fingerprint density at radius 1 is 1.36 bits per heavy atom. The lowest BCUT2D eigenvalue weighted by molar-refractivity contribution is -0.137. The summed E-state index contributed by atoms with van der Waals surface area (Å²) in [6, 6.07) is 4.48. The van der Waals surface area contributed by atoms with Gasteiger partial charge in [0.25, 0.3) is 0 Å². The number of alkyl halides is 3. The predicted molar refractivity (Wildman–Crippen MR) is 45.7 cm³/mol. The van der Waals surface area contributed by atoms with Crippen LogP contribution >= 0.6 is 0 Å². The average molecular weight is 202 g/mol. The van der Waals surface area contributed by atoms with Crippen molar-refractivity contribution in [3.8, 4) is 0 Å². The smallest absolute Gasteiger partial charge is 0.326 e. The minimum absolute atomic E-state index is 0.146. The highest BCUT2D eigenvalue weighted by Crippen LogP contribution is 2.30.